The number of fused-ring (bicyclic) bond motifs is 1. The molecule has 3 nitrogen and oxygen atoms in total. The number of halogens is 1. The molecule has 0 spiro atoms. The van der Waals surface area contributed by atoms with Crippen LogP contribution >= 0.6 is 0 Å². The lowest BCUT2D eigenvalue weighted by molar-refractivity contribution is 0.0913. The van der Waals surface area contributed by atoms with Gasteiger partial charge in [0.1, 0.15) is 0 Å². The van der Waals surface area contributed by atoms with E-state index in [2.05, 4.69) is 10.3 Å². The summed E-state index contributed by atoms with van der Waals surface area (Å²) < 4.78 is 14.5. The molecule has 0 saturated heterocycles. The van der Waals surface area contributed by atoms with Crippen LogP contribution in [0.1, 0.15) is 36.8 Å². The third-order valence-corrected chi connectivity index (χ3v) is 4.31. The second kappa shape index (κ2) is 7.70. The van der Waals surface area contributed by atoms with Crippen LogP contribution in [0.4, 0.5) is 4.39 Å². The first kappa shape index (κ1) is 18.8. The van der Waals surface area contributed by atoms with E-state index in [1.165, 1.54) is 6.07 Å². The Bertz CT molecular complexity index is 994. The minimum Gasteiger partial charge on any atom is -0.342 e. The molecule has 0 aliphatic heterocycles. The summed E-state index contributed by atoms with van der Waals surface area (Å²) in [5, 5.41) is 3.65. The molecule has 1 heterocycles. The lowest BCUT2D eigenvalue weighted by Gasteiger charge is -2.28. The summed E-state index contributed by atoms with van der Waals surface area (Å²) in [6.07, 6.45) is 2.59. The van der Waals surface area contributed by atoms with Crippen molar-refractivity contribution in [1.82, 2.24) is 10.3 Å². The van der Waals surface area contributed by atoms with Crippen molar-refractivity contribution in [2.75, 3.05) is 0 Å². The Labute approximate surface area is 158 Å². The zero-order chi connectivity index (χ0) is 19.4. The minimum absolute atomic E-state index is 0.185. The second-order valence-electron chi connectivity index (χ2n) is 7.27. The highest BCUT2D eigenvalue weighted by Gasteiger charge is 2.27. The Morgan fingerprint density at radius 1 is 1.11 bits per heavy atom. The predicted octanol–water partition coefficient (Wildman–Crippen LogP) is 5.07. The number of hydrogen-bond donors (Lipinski definition) is 1. The van der Waals surface area contributed by atoms with Crippen LogP contribution in [0.5, 0.6) is 0 Å². The van der Waals surface area contributed by atoms with Gasteiger partial charge in [-0.2, -0.15) is 0 Å². The number of allylic oxidation sites excluding steroid dienone is 1. The van der Waals surface area contributed by atoms with Gasteiger partial charge in [-0.15, -0.1) is 0 Å². The Morgan fingerprint density at radius 2 is 1.78 bits per heavy atom. The van der Waals surface area contributed by atoms with Crippen molar-refractivity contribution in [2.24, 2.45) is 0 Å². The van der Waals surface area contributed by atoms with Crippen molar-refractivity contribution >= 4 is 16.8 Å². The van der Waals surface area contributed by atoms with Crippen LogP contribution in [0.15, 0.2) is 72.3 Å². The fraction of sp³-hybridized carbons (Fsp3) is 0.217. The van der Waals surface area contributed by atoms with Crippen LogP contribution in [0.3, 0.4) is 0 Å². The first-order chi connectivity index (χ1) is 12.9. The molecule has 0 saturated carbocycles. The van der Waals surface area contributed by atoms with E-state index in [0.29, 0.717) is 17.3 Å². The van der Waals surface area contributed by atoms with Crippen LogP contribution < -0.4 is 5.32 Å². The van der Waals surface area contributed by atoms with E-state index in [0.717, 1.165) is 11.1 Å². The van der Waals surface area contributed by atoms with Gasteiger partial charge in [-0.1, -0.05) is 60.2 Å². The summed E-state index contributed by atoms with van der Waals surface area (Å²) in [4.78, 5) is 17.1. The highest BCUT2D eigenvalue weighted by atomic mass is 19.1. The number of nitrogens with zero attached hydrogens (tertiary/aromatic N) is 1. The molecule has 1 N–H and O–H groups in total. The molecule has 1 amide bonds. The Morgan fingerprint density at radius 3 is 2.48 bits per heavy atom. The lowest BCUT2D eigenvalue weighted by Crippen LogP contribution is -2.47. The molecule has 0 aliphatic carbocycles. The molecule has 0 fully saturated rings. The number of rotatable bonds is 5. The van der Waals surface area contributed by atoms with Crippen LogP contribution in [0.25, 0.3) is 10.9 Å². The first-order valence-electron chi connectivity index (χ1n) is 8.94. The average Bonchev–Trinajstić information content (AvgIpc) is 2.60. The van der Waals surface area contributed by atoms with Gasteiger partial charge in [0, 0.05) is 5.39 Å². The minimum atomic E-state index is -0.656. The third-order valence-electron chi connectivity index (χ3n) is 4.31. The molecular formula is C23H23FN2O. The molecule has 27 heavy (non-hydrogen) atoms. The van der Waals surface area contributed by atoms with Gasteiger partial charge >= 0.3 is 0 Å². The van der Waals surface area contributed by atoms with Gasteiger partial charge in [0.05, 0.1) is 11.1 Å². The van der Waals surface area contributed by atoms with Crippen molar-refractivity contribution in [1.29, 1.82) is 0 Å². The summed E-state index contributed by atoms with van der Waals surface area (Å²) in [5.74, 6) is -1.14. The SMILES string of the molecule is CC(C)=CC(C)(Cc1ccccc1)NC(=O)c1nc2ccccc2cc1F. The van der Waals surface area contributed by atoms with Crippen LogP contribution in [0.2, 0.25) is 0 Å². The zero-order valence-corrected chi connectivity index (χ0v) is 15.8. The Kier molecular flexibility index (Phi) is 5.36. The number of nitrogens with one attached hydrogen (secondary N) is 1. The molecule has 4 heteroatoms. The maximum absolute atomic E-state index is 14.5. The summed E-state index contributed by atoms with van der Waals surface area (Å²) in [5.41, 5.74) is 1.91. The number of carbonyl (C=O) groups is 1. The monoisotopic (exact) mass is 362 g/mol. The number of carbonyl (C=O) groups excluding carboxylic acids is 1. The first-order valence-corrected chi connectivity index (χ1v) is 8.94. The molecule has 138 valence electrons. The number of hydrogen-bond acceptors (Lipinski definition) is 2. The van der Waals surface area contributed by atoms with Crippen molar-refractivity contribution in [3.63, 3.8) is 0 Å². The van der Waals surface area contributed by atoms with Crippen LogP contribution in [-0.2, 0) is 6.42 Å². The quantitative estimate of drug-likeness (QED) is 0.644. The number of amides is 1. The van der Waals surface area contributed by atoms with Gasteiger partial charge in [0.25, 0.3) is 5.91 Å². The topological polar surface area (TPSA) is 42.0 Å². The number of para-hydroxylation sites is 1. The van der Waals surface area contributed by atoms with E-state index in [1.807, 2.05) is 69.3 Å². The molecule has 0 radical (unpaired) electrons. The molecule has 0 aliphatic rings. The second-order valence-corrected chi connectivity index (χ2v) is 7.27. The summed E-state index contributed by atoms with van der Waals surface area (Å²) in [6.45, 7) is 5.89. The molecular weight excluding hydrogens is 339 g/mol. The third kappa shape index (κ3) is 4.59. The van der Waals surface area contributed by atoms with E-state index in [-0.39, 0.29) is 5.69 Å². The Hall–Kier alpha value is -3.01. The van der Waals surface area contributed by atoms with E-state index < -0.39 is 17.3 Å². The molecule has 3 rings (SSSR count). The van der Waals surface area contributed by atoms with Crippen molar-refractivity contribution in [3.05, 3.63) is 89.4 Å². The number of benzene rings is 2. The average molecular weight is 362 g/mol. The molecule has 0 bridgehead atoms. The highest BCUT2D eigenvalue weighted by Crippen LogP contribution is 2.20. The summed E-state index contributed by atoms with van der Waals surface area (Å²) in [7, 11) is 0. The predicted molar refractivity (Wildman–Crippen MR) is 107 cm³/mol. The van der Waals surface area contributed by atoms with Gasteiger partial charge in [-0.05, 0) is 44.9 Å². The fourth-order valence-electron chi connectivity index (χ4n) is 3.36. The van der Waals surface area contributed by atoms with Gasteiger partial charge in [-0.3, -0.25) is 4.79 Å². The van der Waals surface area contributed by atoms with Gasteiger partial charge < -0.3 is 5.32 Å². The maximum atomic E-state index is 14.5. The number of aromatic nitrogens is 1. The van der Waals surface area contributed by atoms with Gasteiger partial charge in [-0.25, -0.2) is 9.37 Å². The summed E-state index contributed by atoms with van der Waals surface area (Å²) in [6, 6.07) is 18.4. The smallest absolute Gasteiger partial charge is 0.273 e. The molecule has 1 atom stereocenters. The number of pyridine rings is 1. The fourth-order valence-corrected chi connectivity index (χ4v) is 3.36. The van der Waals surface area contributed by atoms with Crippen molar-refractivity contribution in [2.45, 2.75) is 32.7 Å². The van der Waals surface area contributed by atoms with Gasteiger partial charge in [0.15, 0.2) is 11.5 Å². The van der Waals surface area contributed by atoms with Crippen molar-refractivity contribution < 1.29 is 9.18 Å². The lowest BCUT2D eigenvalue weighted by atomic mass is 9.90. The van der Waals surface area contributed by atoms with Crippen molar-refractivity contribution in [3.8, 4) is 0 Å². The maximum Gasteiger partial charge on any atom is 0.273 e. The van der Waals surface area contributed by atoms with E-state index in [1.54, 1.807) is 12.1 Å². The Balaban J connectivity index is 1.92. The molecule has 1 unspecified atom stereocenters. The normalized spacial score (nSPS) is 13.0. The van der Waals surface area contributed by atoms with Gasteiger partial charge in [0.2, 0.25) is 0 Å². The van der Waals surface area contributed by atoms with E-state index in [9.17, 15) is 9.18 Å². The highest BCUT2D eigenvalue weighted by molar-refractivity contribution is 5.95. The standard InChI is InChI=1S/C23H23FN2O/c1-16(2)14-23(3,15-17-9-5-4-6-10-17)26-22(27)21-19(24)13-18-11-7-8-12-20(18)25-21/h4-14H,15H2,1-3H3,(H,26,27). The largest absolute Gasteiger partial charge is 0.342 e. The molecule has 3 aromatic rings. The van der Waals surface area contributed by atoms with E-state index in [4.69, 9.17) is 0 Å². The van der Waals surface area contributed by atoms with Crippen LogP contribution in [-0.4, -0.2) is 16.4 Å². The molecule has 1 aromatic heterocycles. The van der Waals surface area contributed by atoms with E-state index >= 15 is 0 Å². The zero-order valence-electron chi connectivity index (χ0n) is 15.8. The van der Waals surface area contributed by atoms with Crippen LogP contribution in [0, 0.1) is 5.82 Å². The summed E-state index contributed by atoms with van der Waals surface area (Å²) >= 11 is 0. The molecule has 2 aromatic carbocycles.